The van der Waals surface area contributed by atoms with E-state index >= 15 is 0 Å². The van der Waals surface area contributed by atoms with E-state index in [9.17, 15) is 35.4 Å². The van der Waals surface area contributed by atoms with Gasteiger partial charge in [-0.15, -0.1) is 5.10 Å². The van der Waals surface area contributed by atoms with Crippen molar-refractivity contribution in [2.45, 2.75) is 69.0 Å². The lowest BCUT2D eigenvalue weighted by molar-refractivity contribution is -0.227. The standard InChI is InChI=1S/C22H32N4O9/c27-7-12-2-16(29)15(12)10-34-9-14-5-26(25-24-14)6-17(30)11-1-13(23-4-11)3-18-20(31)22(33)21(32)19(8-28)35-18/h4-5,12,15-16,18-22,27-29,31-33H,1-3,6-10H2. The summed E-state index contributed by atoms with van der Waals surface area (Å²) in [6.45, 7) is -0.0560. The number of nitrogens with zero attached hydrogens (tertiary/aromatic N) is 4. The van der Waals surface area contributed by atoms with E-state index in [1.807, 2.05) is 0 Å². The van der Waals surface area contributed by atoms with Crippen LogP contribution in [0.3, 0.4) is 0 Å². The molecule has 1 saturated carbocycles. The predicted molar refractivity (Wildman–Crippen MR) is 118 cm³/mol. The highest BCUT2D eigenvalue weighted by Crippen LogP contribution is 2.34. The number of hydrogen-bond donors (Lipinski definition) is 6. The Balaban J connectivity index is 1.21. The van der Waals surface area contributed by atoms with Crippen molar-refractivity contribution < 1.29 is 44.9 Å². The zero-order chi connectivity index (χ0) is 25.1. The number of ketones is 1. The van der Waals surface area contributed by atoms with Crippen LogP contribution in [-0.2, 0) is 27.4 Å². The first-order chi connectivity index (χ1) is 16.8. The Bertz CT molecular complexity index is 949. The highest BCUT2D eigenvalue weighted by molar-refractivity contribution is 6.04. The molecule has 0 radical (unpaired) electrons. The topological polar surface area (TPSA) is 200 Å². The molecule has 8 atom stereocenters. The van der Waals surface area contributed by atoms with Crippen molar-refractivity contribution >= 4 is 11.5 Å². The van der Waals surface area contributed by atoms with Gasteiger partial charge in [0.1, 0.15) is 36.7 Å². The Labute approximate surface area is 201 Å². The van der Waals surface area contributed by atoms with Crippen molar-refractivity contribution in [1.82, 2.24) is 15.0 Å². The van der Waals surface area contributed by atoms with Crippen LogP contribution in [0, 0.1) is 11.8 Å². The lowest BCUT2D eigenvalue weighted by Crippen LogP contribution is -2.58. The molecular formula is C22H32N4O9. The van der Waals surface area contributed by atoms with Crippen LogP contribution >= 0.6 is 0 Å². The Morgan fingerprint density at radius 2 is 1.89 bits per heavy atom. The maximum absolute atomic E-state index is 12.7. The van der Waals surface area contributed by atoms with Crippen LogP contribution in [0.4, 0.5) is 0 Å². The molecule has 3 heterocycles. The summed E-state index contributed by atoms with van der Waals surface area (Å²) in [6, 6.07) is 0. The van der Waals surface area contributed by atoms with Crippen LogP contribution in [0.15, 0.2) is 23.0 Å². The van der Waals surface area contributed by atoms with Gasteiger partial charge in [-0.05, 0) is 12.3 Å². The van der Waals surface area contributed by atoms with Crippen LogP contribution < -0.4 is 0 Å². The molecule has 1 aliphatic carbocycles. The zero-order valence-electron chi connectivity index (χ0n) is 19.1. The molecule has 0 bridgehead atoms. The lowest BCUT2D eigenvalue weighted by atomic mass is 9.72. The van der Waals surface area contributed by atoms with Crippen LogP contribution in [-0.4, -0.2) is 114 Å². The number of aliphatic hydroxyl groups excluding tert-OH is 6. The normalized spacial score (nSPS) is 34.9. The third kappa shape index (κ3) is 5.84. The molecule has 2 fully saturated rings. The van der Waals surface area contributed by atoms with Gasteiger partial charge in [-0.2, -0.15) is 0 Å². The van der Waals surface area contributed by atoms with Gasteiger partial charge in [-0.25, -0.2) is 4.68 Å². The molecule has 4 rings (SSSR count). The van der Waals surface area contributed by atoms with Gasteiger partial charge >= 0.3 is 0 Å². The summed E-state index contributed by atoms with van der Waals surface area (Å²) in [5, 5.41) is 66.3. The van der Waals surface area contributed by atoms with Crippen molar-refractivity contribution in [2.75, 3.05) is 19.8 Å². The molecule has 194 valence electrons. The minimum Gasteiger partial charge on any atom is -0.396 e. The molecule has 2 aliphatic heterocycles. The van der Waals surface area contributed by atoms with Crippen molar-refractivity contribution in [3.05, 3.63) is 23.7 Å². The molecule has 35 heavy (non-hydrogen) atoms. The molecule has 13 heteroatoms. The van der Waals surface area contributed by atoms with Gasteiger partial charge in [0, 0.05) is 42.9 Å². The first-order valence-corrected chi connectivity index (χ1v) is 11.6. The summed E-state index contributed by atoms with van der Waals surface area (Å²) in [4.78, 5) is 16.9. The van der Waals surface area contributed by atoms with Gasteiger partial charge in [0.2, 0.25) is 0 Å². The molecule has 3 aliphatic rings. The Morgan fingerprint density at radius 3 is 2.60 bits per heavy atom. The van der Waals surface area contributed by atoms with Gasteiger partial charge in [-0.1, -0.05) is 5.21 Å². The fraction of sp³-hybridized carbons (Fsp3) is 0.727. The smallest absolute Gasteiger partial charge is 0.182 e. The number of hydrogen-bond acceptors (Lipinski definition) is 12. The lowest BCUT2D eigenvalue weighted by Gasteiger charge is -2.40. The maximum Gasteiger partial charge on any atom is 0.182 e. The Kier molecular flexibility index (Phi) is 8.39. The SMILES string of the molecule is O=C(Cn1cc(COCC2C(O)CC2CO)nn1)C1=CN=C(CC2OC(CO)C(O)C(O)C2O)C1. The average molecular weight is 497 g/mol. The Morgan fingerprint density at radius 1 is 1.11 bits per heavy atom. The molecule has 1 aromatic rings. The van der Waals surface area contributed by atoms with E-state index in [-0.39, 0.29) is 50.2 Å². The maximum atomic E-state index is 12.7. The van der Waals surface area contributed by atoms with E-state index < -0.39 is 43.2 Å². The number of carbonyl (C=O) groups is 1. The van der Waals surface area contributed by atoms with E-state index in [4.69, 9.17) is 9.47 Å². The van der Waals surface area contributed by atoms with Crippen LogP contribution in [0.5, 0.6) is 0 Å². The molecule has 0 spiro atoms. The quantitative estimate of drug-likeness (QED) is 0.186. The van der Waals surface area contributed by atoms with Crippen molar-refractivity contribution in [2.24, 2.45) is 16.8 Å². The zero-order valence-corrected chi connectivity index (χ0v) is 19.1. The summed E-state index contributed by atoms with van der Waals surface area (Å²) in [5.41, 5.74) is 1.56. The van der Waals surface area contributed by atoms with E-state index in [2.05, 4.69) is 15.3 Å². The molecule has 0 aromatic carbocycles. The number of Topliss-reactive ketones (excluding diaryl/α,β-unsaturated/α-hetero) is 1. The molecular weight excluding hydrogens is 464 g/mol. The van der Waals surface area contributed by atoms with Gasteiger partial charge in [-0.3, -0.25) is 9.79 Å². The molecule has 1 aromatic heterocycles. The number of carbonyl (C=O) groups excluding carboxylic acids is 1. The second kappa shape index (κ2) is 11.3. The van der Waals surface area contributed by atoms with Crippen LogP contribution in [0.2, 0.25) is 0 Å². The van der Waals surface area contributed by atoms with Crippen molar-refractivity contribution in [3.8, 4) is 0 Å². The van der Waals surface area contributed by atoms with Crippen molar-refractivity contribution in [1.29, 1.82) is 0 Å². The monoisotopic (exact) mass is 496 g/mol. The van der Waals surface area contributed by atoms with E-state index in [0.717, 1.165) is 0 Å². The summed E-state index contributed by atoms with van der Waals surface area (Å²) in [7, 11) is 0. The fourth-order valence-electron chi connectivity index (χ4n) is 4.62. The molecule has 6 N–H and O–H groups in total. The minimum atomic E-state index is -1.46. The average Bonchev–Trinajstić information content (AvgIpc) is 3.50. The number of ether oxygens (including phenoxy) is 2. The highest BCUT2D eigenvalue weighted by Gasteiger charge is 2.44. The summed E-state index contributed by atoms with van der Waals surface area (Å²) in [5.74, 6) is -0.257. The number of allylic oxidation sites excluding steroid dienone is 1. The predicted octanol–water partition coefficient (Wildman–Crippen LogP) is -2.69. The second-order valence-electron chi connectivity index (χ2n) is 9.35. The van der Waals surface area contributed by atoms with Crippen molar-refractivity contribution in [3.63, 3.8) is 0 Å². The van der Waals surface area contributed by atoms with E-state index in [1.165, 1.54) is 10.9 Å². The first-order valence-electron chi connectivity index (χ1n) is 11.6. The molecule has 13 nitrogen and oxygen atoms in total. The molecule has 1 saturated heterocycles. The summed E-state index contributed by atoms with van der Waals surface area (Å²) >= 11 is 0. The summed E-state index contributed by atoms with van der Waals surface area (Å²) < 4.78 is 12.5. The van der Waals surface area contributed by atoms with Gasteiger partial charge in [0.25, 0.3) is 0 Å². The third-order valence-electron chi connectivity index (χ3n) is 6.91. The minimum absolute atomic E-state index is 0.0210. The number of aliphatic imine (C=N–C) groups is 1. The number of rotatable bonds is 11. The van der Waals surface area contributed by atoms with Crippen LogP contribution in [0.1, 0.15) is 25.0 Å². The Hall–Kier alpha value is -2.10. The van der Waals surface area contributed by atoms with Gasteiger partial charge < -0.3 is 40.1 Å². The highest BCUT2D eigenvalue weighted by atomic mass is 16.5. The summed E-state index contributed by atoms with van der Waals surface area (Å²) in [6.07, 6.45) is -2.56. The largest absolute Gasteiger partial charge is 0.396 e. The molecule has 0 amide bonds. The van der Waals surface area contributed by atoms with Gasteiger partial charge in [0.05, 0.1) is 38.2 Å². The number of aromatic nitrogens is 3. The molecule has 8 unspecified atom stereocenters. The first kappa shape index (κ1) is 26.0. The van der Waals surface area contributed by atoms with E-state index in [1.54, 1.807) is 6.20 Å². The second-order valence-corrected chi connectivity index (χ2v) is 9.35. The van der Waals surface area contributed by atoms with Gasteiger partial charge in [0.15, 0.2) is 5.78 Å². The number of aliphatic hydroxyl groups is 6. The van der Waals surface area contributed by atoms with Crippen LogP contribution in [0.25, 0.3) is 0 Å². The fourth-order valence-corrected chi connectivity index (χ4v) is 4.62. The van der Waals surface area contributed by atoms with E-state index in [0.29, 0.717) is 30.0 Å². The third-order valence-corrected chi connectivity index (χ3v) is 6.91.